The van der Waals surface area contributed by atoms with Crippen LogP contribution in [-0.4, -0.2) is 54.3 Å². The number of thiazole rings is 1. The fourth-order valence-electron chi connectivity index (χ4n) is 3.88. The second-order valence-corrected chi connectivity index (χ2v) is 9.78. The van der Waals surface area contributed by atoms with Crippen LogP contribution in [-0.2, 0) is 22.6 Å². The largest absolute Gasteiger partial charge is 0.497 e. The fourth-order valence-corrected chi connectivity index (χ4v) is 5.84. The number of aromatic nitrogens is 1. The van der Waals surface area contributed by atoms with E-state index in [1.807, 2.05) is 41.8 Å². The molecule has 4 aromatic rings. The highest BCUT2D eigenvalue weighted by Gasteiger charge is 2.24. The summed E-state index contributed by atoms with van der Waals surface area (Å²) in [7, 11) is 3.14. The monoisotopic (exact) mass is 526 g/mol. The van der Waals surface area contributed by atoms with E-state index < -0.39 is 11.9 Å². The van der Waals surface area contributed by atoms with E-state index in [-0.39, 0.29) is 24.6 Å². The molecule has 4 rings (SSSR count). The molecule has 0 fully saturated rings. The van der Waals surface area contributed by atoms with E-state index in [4.69, 9.17) is 19.2 Å². The Morgan fingerprint density at radius 3 is 2.61 bits per heavy atom. The van der Waals surface area contributed by atoms with Gasteiger partial charge in [-0.2, -0.15) is 0 Å². The van der Waals surface area contributed by atoms with Gasteiger partial charge in [0, 0.05) is 45.7 Å². The molecule has 0 amide bonds. The molecule has 0 aliphatic rings. The number of nitrogens with zero attached hydrogens (tertiary/aromatic N) is 2. The number of methoxy groups -OCH3 is 2. The predicted octanol–water partition coefficient (Wildman–Crippen LogP) is 5.31. The molecule has 0 saturated heterocycles. The van der Waals surface area contributed by atoms with Gasteiger partial charge in [-0.25, -0.2) is 9.78 Å². The Morgan fingerprint density at radius 1 is 1.08 bits per heavy atom. The van der Waals surface area contributed by atoms with Crippen LogP contribution in [0.3, 0.4) is 0 Å². The van der Waals surface area contributed by atoms with Crippen LogP contribution in [0.1, 0.15) is 27.9 Å². The van der Waals surface area contributed by atoms with Crippen molar-refractivity contribution in [1.29, 1.82) is 0 Å². The van der Waals surface area contributed by atoms with Crippen molar-refractivity contribution in [3.05, 3.63) is 64.0 Å². The van der Waals surface area contributed by atoms with Gasteiger partial charge in [0.2, 0.25) is 0 Å². The number of carboxylic acid groups (broad SMARTS) is 1. The smallest absolute Gasteiger partial charge is 0.347 e. The summed E-state index contributed by atoms with van der Waals surface area (Å²) in [5.74, 6) is -0.203. The Morgan fingerprint density at radius 2 is 1.89 bits per heavy atom. The maximum atomic E-state index is 12.4. The van der Waals surface area contributed by atoms with E-state index in [1.54, 1.807) is 43.4 Å². The normalized spacial score (nSPS) is 11.1. The zero-order valence-electron chi connectivity index (χ0n) is 20.1. The number of carbonyl (C=O) groups excluding carboxylic acids is 1. The molecule has 0 radical (unpaired) electrons. The number of ether oxygens (including phenoxy) is 3. The predicted molar refractivity (Wildman–Crippen MR) is 140 cm³/mol. The van der Waals surface area contributed by atoms with Gasteiger partial charge < -0.3 is 19.3 Å². The fraction of sp³-hybridized carbons (Fsp3) is 0.269. The SMILES string of the molecule is CCOC(=O)CN(Cc1ccc(OC)cc1OC)Cc1nc(-c2csc3ccccc23)sc1C(=O)O. The summed E-state index contributed by atoms with van der Waals surface area (Å²) < 4.78 is 17.1. The van der Waals surface area contributed by atoms with Crippen molar-refractivity contribution in [2.75, 3.05) is 27.4 Å². The molecule has 0 atom stereocenters. The Hall–Kier alpha value is -3.47. The van der Waals surface area contributed by atoms with E-state index in [1.165, 1.54) is 0 Å². The molecule has 10 heteroatoms. The van der Waals surface area contributed by atoms with Crippen molar-refractivity contribution in [1.82, 2.24) is 9.88 Å². The molecule has 0 bridgehead atoms. The van der Waals surface area contributed by atoms with Crippen LogP contribution in [0.5, 0.6) is 11.5 Å². The van der Waals surface area contributed by atoms with Gasteiger partial charge in [-0.15, -0.1) is 22.7 Å². The number of thiophene rings is 1. The van der Waals surface area contributed by atoms with Crippen molar-refractivity contribution in [2.24, 2.45) is 0 Å². The molecule has 36 heavy (non-hydrogen) atoms. The third-order valence-electron chi connectivity index (χ3n) is 5.52. The van der Waals surface area contributed by atoms with Gasteiger partial charge >= 0.3 is 11.9 Å². The summed E-state index contributed by atoms with van der Waals surface area (Å²) in [6, 6.07) is 13.4. The van der Waals surface area contributed by atoms with E-state index in [0.717, 1.165) is 32.5 Å². The molecule has 2 aromatic carbocycles. The maximum absolute atomic E-state index is 12.4. The molecular formula is C26H26N2O6S2. The maximum Gasteiger partial charge on any atom is 0.347 e. The summed E-state index contributed by atoms with van der Waals surface area (Å²) in [6.07, 6.45) is 0. The van der Waals surface area contributed by atoms with Crippen molar-refractivity contribution in [2.45, 2.75) is 20.0 Å². The highest BCUT2D eigenvalue weighted by Crippen LogP contribution is 2.37. The number of carbonyl (C=O) groups is 2. The molecule has 0 unspecified atom stereocenters. The molecule has 0 aliphatic heterocycles. The Bertz CT molecular complexity index is 1380. The third kappa shape index (κ3) is 5.67. The minimum atomic E-state index is -1.05. The van der Waals surface area contributed by atoms with Crippen molar-refractivity contribution >= 4 is 44.7 Å². The minimum Gasteiger partial charge on any atom is -0.497 e. The lowest BCUT2D eigenvalue weighted by Gasteiger charge is -2.22. The molecule has 1 N–H and O–H groups in total. The van der Waals surface area contributed by atoms with Crippen LogP contribution in [0.25, 0.3) is 20.7 Å². The molecule has 2 heterocycles. The topological polar surface area (TPSA) is 98.2 Å². The lowest BCUT2D eigenvalue weighted by atomic mass is 10.1. The standard InChI is InChI=1S/C26H26N2O6S2/c1-4-34-23(29)14-28(12-16-9-10-17(32-2)11-21(16)33-3)13-20-24(26(30)31)36-25(27-20)19-15-35-22-8-6-5-7-18(19)22/h5-11,15H,4,12-14H2,1-3H3,(H,30,31). The van der Waals surface area contributed by atoms with Crippen LogP contribution in [0.15, 0.2) is 47.8 Å². The Kier molecular flexibility index (Phi) is 8.19. The number of aromatic carboxylic acids is 1. The first-order chi connectivity index (χ1) is 17.4. The third-order valence-corrected chi connectivity index (χ3v) is 7.60. The van der Waals surface area contributed by atoms with Crippen LogP contribution in [0, 0.1) is 0 Å². The second kappa shape index (κ2) is 11.5. The number of esters is 1. The van der Waals surface area contributed by atoms with Gasteiger partial charge in [-0.05, 0) is 19.1 Å². The zero-order chi connectivity index (χ0) is 25.7. The molecule has 0 aliphatic carbocycles. The van der Waals surface area contributed by atoms with Gasteiger partial charge in [0.15, 0.2) is 0 Å². The van der Waals surface area contributed by atoms with E-state index >= 15 is 0 Å². The second-order valence-electron chi connectivity index (χ2n) is 7.87. The number of fused-ring (bicyclic) bond motifs is 1. The number of benzene rings is 2. The van der Waals surface area contributed by atoms with Crippen LogP contribution in [0.4, 0.5) is 0 Å². The molecule has 2 aromatic heterocycles. The quantitative estimate of drug-likeness (QED) is 0.263. The Balaban J connectivity index is 1.68. The van der Waals surface area contributed by atoms with Crippen LogP contribution >= 0.6 is 22.7 Å². The van der Waals surface area contributed by atoms with Crippen LogP contribution in [0.2, 0.25) is 0 Å². The number of rotatable bonds is 11. The Labute approximate surface area is 216 Å². The molecular weight excluding hydrogens is 500 g/mol. The first-order valence-corrected chi connectivity index (χ1v) is 12.9. The lowest BCUT2D eigenvalue weighted by molar-refractivity contribution is -0.144. The first-order valence-electron chi connectivity index (χ1n) is 11.2. The molecule has 0 saturated carbocycles. The van der Waals surface area contributed by atoms with E-state index in [9.17, 15) is 14.7 Å². The van der Waals surface area contributed by atoms with Gasteiger partial charge in [0.25, 0.3) is 0 Å². The highest BCUT2D eigenvalue weighted by molar-refractivity contribution is 7.20. The summed E-state index contributed by atoms with van der Waals surface area (Å²) >= 11 is 2.73. The molecule has 8 nitrogen and oxygen atoms in total. The first kappa shape index (κ1) is 25.6. The number of hydrogen-bond acceptors (Lipinski definition) is 9. The summed E-state index contributed by atoms with van der Waals surface area (Å²) in [5.41, 5.74) is 2.12. The van der Waals surface area contributed by atoms with Gasteiger partial charge in [0.1, 0.15) is 21.4 Å². The lowest BCUT2D eigenvalue weighted by Crippen LogP contribution is -2.31. The summed E-state index contributed by atoms with van der Waals surface area (Å²) in [6.45, 7) is 2.43. The van der Waals surface area contributed by atoms with Crippen molar-refractivity contribution in [3.8, 4) is 22.1 Å². The van der Waals surface area contributed by atoms with Crippen LogP contribution < -0.4 is 9.47 Å². The van der Waals surface area contributed by atoms with Crippen molar-refractivity contribution < 1.29 is 28.9 Å². The average molecular weight is 527 g/mol. The average Bonchev–Trinajstić information content (AvgIpc) is 3.48. The summed E-state index contributed by atoms with van der Waals surface area (Å²) in [5, 5.41) is 13.6. The number of carboxylic acids is 1. The van der Waals surface area contributed by atoms with E-state index in [2.05, 4.69) is 0 Å². The minimum absolute atomic E-state index is 0.0314. The molecule has 188 valence electrons. The number of hydrogen-bond donors (Lipinski definition) is 1. The zero-order valence-corrected chi connectivity index (χ0v) is 21.8. The van der Waals surface area contributed by atoms with E-state index in [0.29, 0.717) is 28.7 Å². The van der Waals surface area contributed by atoms with Gasteiger partial charge in [-0.1, -0.05) is 24.3 Å². The van der Waals surface area contributed by atoms with Crippen molar-refractivity contribution in [3.63, 3.8) is 0 Å². The van der Waals surface area contributed by atoms with Gasteiger partial charge in [-0.3, -0.25) is 9.69 Å². The molecule has 0 spiro atoms. The highest BCUT2D eigenvalue weighted by atomic mass is 32.1. The summed E-state index contributed by atoms with van der Waals surface area (Å²) in [4.78, 5) is 31.2. The van der Waals surface area contributed by atoms with Gasteiger partial charge in [0.05, 0.1) is 33.1 Å².